The Kier molecular flexibility index (Phi) is 4.48. The monoisotopic (exact) mass is 401 g/mol. The van der Waals surface area contributed by atoms with Crippen molar-refractivity contribution in [3.05, 3.63) is 58.7 Å². The molecule has 3 aliphatic rings. The predicted molar refractivity (Wildman–Crippen MR) is 113 cm³/mol. The molecule has 0 aliphatic carbocycles. The van der Waals surface area contributed by atoms with Gasteiger partial charge in [0.05, 0.1) is 0 Å². The molecule has 0 aromatic heterocycles. The van der Waals surface area contributed by atoms with Crippen LogP contribution in [0.2, 0.25) is 0 Å². The molecular weight excluding hydrogens is 378 g/mol. The average Bonchev–Trinajstić information content (AvgIpc) is 3.33. The van der Waals surface area contributed by atoms with E-state index in [0.29, 0.717) is 11.5 Å². The van der Waals surface area contributed by atoms with Crippen molar-refractivity contribution in [2.75, 3.05) is 31.8 Å². The van der Waals surface area contributed by atoms with Gasteiger partial charge in [0.15, 0.2) is 11.5 Å². The van der Waals surface area contributed by atoms with Crippen LogP contribution in [0.4, 0.5) is 5.69 Å². The van der Waals surface area contributed by atoms with Crippen molar-refractivity contribution in [1.29, 1.82) is 5.26 Å². The van der Waals surface area contributed by atoms with E-state index in [2.05, 4.69) is 31.0 Å². The van der Waals surface area contributed by atoms with Crippen molar-refractivity contribution < 1.29 is 14.3 Å². The summed E-state index contributed by atoms with van der Waals surface area (Å²) in [6.07, 6.45) is 2.53. The number of ether oxygens (including phenoxy) is 2. The summed E-state index contributed by atoms with van der Waals surface area (Å²) >= 11 is 0. The van der Waals surface area contributed by atoms with Gasteiger partial charge in [-0.15, -0.1) is 0 Å². The summed E-state index contributed by atoms with van der Waals surface area (Å²) in [5, 5.41) is 9.81. The molecular formula is C24H23N3O3. The molecule has 1 saturated heterocycles. The summed E-state index contributed by atoms with van der Waals surface area (Å²) in [4.78, 5) is 17.7. The molecule has 1 amide bonds. The summed E-state index contributed by atoms with van der Waals surface area (Å²) < 4.78 is 10.8. The lowest BCUT2D eigenvalue weighted by Gasteiger charge is -2.36. The number of hydrogen-bond donors (Lipinski definition) is 0. The molecule has 0 saturated carbocycles. The Morgan fingerprint density at radius 2 is 2.03 bits per heavy atom. The van der Waals surface area contributed by atoms with Crippen LogP contribution in [0, 0.1) is 18.3 Å². The minimum Gasteiger partial charge on any atom is -0.454 e. The topological polar surface area (TPSA) is 65.8 Å². The van der Waals surface area contributed by atoms with Gasteiger partial charge in [-0.05, 0) is 62.3 Å². The van der Waals surface area contributed by atoms with Crippen molar-refractivity contribution >= 4 is 17.7 Å². The molecule has 30 heavy (non-hydrogen) atoms. The van der Waals surface area contributed by atoms with Gasteiger partial charge in [0.2, 0.25) is 6.79 Å². The van der Waals surface area contributed by atoms with E-state index in [4.69, 9.17) is 9.47 Å². The van der Waals surface area contributed by atoms with E-state index in [1.807, 2.05) is 23.1 Å². The Morgan fingerprint density at radius 3 is 2.87 bits per heavy atom. The molecule has 0 bridgehead atoms. The van der Waals surface area contributed by atoms with E-state index in [-0.39, 0.29) is 30.2 Å². The van der Waals surface area contributed by atoms with E-state index >= 15 is 0 Å². The number of fused-ring (bicyclic) bond motifs is 4. The lowest BCUT2D eigenvalue weighted by atomic mass is 9.88. The van der Waals surface area contributed by atoms with Crippen molar-refractivity contribution in [1.82, 2.24) is 4.90 Å². The first-order chi connectivity index (χ1) is 14.5. The summed E-state index contributed by atoms with van der Waals surface area (Å²) in [6, 6.07) is 13.9. The van der Waals surface area contributed by atoms with Crippen LogP contribution in [0.25, 0.3) is 6.08 Å². The fraction of sp³-hybridized carbons (Fsp3) is 0.333. The Balaban J connectivity index is 1.52. The molecule has 6 heteroatoms. The van der Waals surface area contributed by atoms with Crippen molar-refractivity contribution in [2.24, 2.45) is 0 Å². The van der Waals surface area contributed by atoms with E-state index < -0.39 is 0 Å². The second-order valence-electron chi connectivity index (χ2n) is 8.24. The maximum atomic E-state index is 13.6. The highest BCUT2D eigenvalue weighted by atomic mass is 16.7. The Labute approximate surface area is 175 Å². The summed E-state index contributed by atoms with van der Waals surface area (Å²) in [7, 11) is 2.12. The third-order valence-electron chi connectivity index (χ3n) is 6.23. The summed E-state index contributed by atoms with van der Waals surface area (Å²) in [5.74, 6) is 1.34. The van der Waals surface area contributed by atoms with E-state index in [1.54, 1.807) is 18.2 Å². The van der Waals surface area contributed by atoms with Gasteiger partial charge in [0, 0.05) is 24.2 Å². The predicted octanol–water partition coefficient (Wildman–Crippen LogP) is 3.47. The van der Waals surface area contributed by atoms with E-state index in [9.17, 15) is 10.1 Å². The molecule has 2 aromatic rings. The zero-order valence-corrected chi connectivity index (χ0v) is 17.1. The van der Waals surface area contributed by atoms with Crippen molar-refractivity contribution in [3.63, 3.8) is 0 Å². The quantitative estimate of drug-likeness (QED) is 0.570. The third-order valence-corrected chi connectivity index (χ3v) is 6.23. The van der Waals surface area contributed by atoms with Crippen LogP contribution in [0.15, 0.2) is 42.0 Å². The second kappa shape index (κ2) is 7.19. The van der Waals surface area contributed by atoms with Crippen LogP contribution in [0.1, 0.15) is 29.0 Å². The van der Waals surface area contributed by atoms with Gasteiger partial charge in [-0.1, -0.05) is 23.8 Å². The molecule has 3 heterocycles. The molecule has 3 aliphatic heterocycles. The second-order valence-corrected chi connectivity index (χ2v) is 8.24. The molecule has 0 N–H and O–H groups in total. The first-order valence-corrected chi connectivity index (χ1v) is 10.2. The highest BCUT2D eigenvalue weighted by Crippen LogP contribution is 2.45. The first kappa shape index (κ1) is 18.7. The number of likely N-dealkylation sites (N-methyl/N-ethyl adjacent to an activating group) is 1. The molecule has 0 spiro atoms. The molecule has 152 valence electrons. The fourth-order valence-electron chi connectivity index (χ4n) is 4.79. The fourth-order valence-corrected chi connectivity index (χ4v) is 4.79. The van der Waals surface area contributed by atoms with Crippen LogP contribution < -0.4 is 14.4 Å². The number of benzene rings is 2. The number of amides is 1. The minimum atomic E-state index is -0.239. The normalized spacial score (nSPS) is 22.4. The minimum absolute atomic E-state index is 0.0824. The van der Waals surface area contributed by atoms with Gasteiger partial charge in [-0.3, -0.25) is 4.79 Å². The van der Waals surface area contributed by atoms with E-state index in [0.717, 1.165) is 30.8 Å². The number of rotatable bonds is 2. The highest BCUT2D eigenvalue weighted by molar-refractivity contribution is 6.12. The van der Waals surface area contributed by atoms with E-state index in [1.165, 1.54) is 11.1 Å². The van der Waals surface area contributed by atoms with Crippen molar-refractivity contribution in [2.45, 2.75) is 25.3 Å². The zero-order chi connectivity index (χ0) is 20.8. The molecule has 2 unspecified atom stereocenters. The Bertz CT molecular complexity index is 1100. The van der Waals surface area contributed by atoms with Gasteiger partial charge in [0.1, 0.15) is 11.6 Å². The van der Waals surface area contributed by atoms with Gasteiger partial charge >= 0.3 is 0 Å². The molecule has 1 fully saturated rings. The zero-order valence-electron chi connectivity index (χ0n) is 17.1. The number of carbonyl (C=O) groups excluding carboxylic acids is 1. The van der Waals surface area contributed by atoms with Gasteiger partial charge in [-0.2, -0.15) is 5.26 Å². The average molecular weight is 401 g/mol. The van der Waals surface area contributed by atoms with Crippen LogP contribution in [-0.4, -0.2) is 43.8 Å². The lowest BCUT2D eigenvalue weighted by Crippen LogP contribution is -2.47. The number of anilines is 1. The third kappa shape index (κ3) is 3.03. The maximum Gasteiger partial charge on any atom is 0.269 e. The Morgan fingerprint density at radius 1 is 1.20 bits per heavy atom. The number of piperidine rings is 1. The summed E-state index contributed by atoms with van der Waals surface area (Å²) in [6.45, 7) is 4.12. The largest absolute Gasteiger partial charge is 0.454 e. The van der Waals surface area contributed by atoms with Crippen LogP contribution in [0.5, 0.6) is 11.5 Å². The van der Waals surface area contributed by atoms with Crippen LogP contribution in [0.3, 0.4) is 0 Å². The standard InChI is InChI=1S/C24H23N3O3/c1-15-3-5-20-18(9-15)19-13-26(2)8-7-21(19)27(20)24(28)17(12-25)10-16-4-6-22-23(11-16)30-14-29-22/h3-6,9-11,19,21H,7-8,13-14H2,1-2H3/b17-10+. The Hall–Kier alpha value is -3.30. The van der Waals surface area contributed by atoms with Crippen LogP contribution >= 0.6 is 0 Å². The number of aryl methyl sites for hydroxylation is 1. The maximum absolute atomic E-state index is 13.6. The number of nitrogens with zero attached hydrogens (tertiary/aromatic N) is 3. The van der Waals surface area contributed by atoms with Gasteiger partial charge in [-0.25, -0.2) is 0 Å². The van der Waals surface area contributed by atoms with Crippen molar-refractivity contribution in [3.8, 4) is 17.6 Å². The number of likely N-dealkylation sites (tertiary alicyclic amines) is 1. The lowest BCUT2D eigenvalue weighted by molar-refractivity contribution is -0.115. The number of nitriles is 1. The SMILES string of the molecule is Cc1ccc2c(c1)C1CN(C)CCC1N2C(=O)/C(C#N)=C/c1ccc2c(c1)OCO2. The number of carbonyl (C=O) groups is 1. The van der Waals surface area contributed by atoms with Crippen LogP contribution in [-0.2, 0) is 4.79 Å². The van der Waals surface area contributed by atoms with Gasteiger partial charge in [0.25, 0.3) is 5.91 Å². The molecule has 2 aromatic carbocycles. The number of hydrogen-bond acceptors (Lipinski definition) is 5. The smallest absolute Gasteiger partial charge is 0.269 e. The summed E-state index contributed by atoms with van der Waals surface area (Å²) in [5.41, 5.74) is 4.20. The molecule has 2 atom stereocenters. The molecule has 0 radical (unpaired) electrons. The first-order valence-electron chi connectivity index (χ1n) is 10.2. The highest BCUT2D eigenvalue weighted by Gasteiger charge is 2.44. The van der Waals surface area contributed by atoms with Gasteiger partial charge < -0.3 is 19.3 Å². The molecule has 5 rings (SSSR count). The molecule has 6 nitrogen and oxygen atoms in total.